The van der Waals surface area contributed by atoms with Gasteiger partial charge < -0.3 is 4.74 Å². The van der Waals surface area contributed by atoms with Crippen LogP contribution >= 0.6 is 0 Å². The Morgan fingerprint density at radius 1 is 1.50 bits per heavy atom. The van der Waals surface area contributed by atoms with E-state index in [1.54, 1.807) is 13.4 Å². The molecule has 0 saturated heterocycles. The summed E-state index contributed by atoms with van der Waals surface area (Å²) in [6.45, 7) is 3.58. The molecule has 0 rings (SSSR count). The number of ether oxygens (including phenoxy) is 1. The molecule has 0 bridgehead atoms. The maximum Gasteiger partial charge on any atom is 0.0784 e. The van der Waals surface area contributed by atoms with Crippen LogP contribution in [-0.2, 0) is 4.74 Å². The Balaban J connectivity index is 2.90. The summed E-state index contributed by atoms with van der Waals surface area (Å²) in [6.07, 6.45) is 7.60. The summed E-state index contributed by atoms with van der Waals surface area (Å²) in [5, 5.41) is 0. The second kappa shape index (κ2) is 6.28. The third kappa shape index (κ3) is 5.28. The van der Waals surface area contributed by atoms with Crippen LogP contribution in [-0.4, -0.2) is 7.11 Å². The Hall–Kier alpha value is -0.720. The molecule has 0 aliphatic heterocycles. The molecule has 0 aliphatic carbocycles. The van der Waals surface area contributed by atoms with E-state index >= 15 is 0 Å². The number of rotatable bonds is 4. The van der Waals surface area contributed by atoms with E-state index < -0.39 is 0 Å². The lowest BCUT2D eigenvalue weighted by molar-refractivity contribution is 0.336. The third-order valence-electron chi connectivity index (χ3n) is 0.770. The molecule has 0 atom stereocenters. The molecule has 0 heterocycles. The Bertz CT molecular complexity index is 74.5. The van der Waals surface area contributed by atoms with Crippen LogP contribution in [0.1, 0.15) is 12.8 Å². The minimum absolute atomic E-state index is 1.03. The van der Waals surface area contributed by atoms with E-state index in [-0.39, 0.29) is 0 Å². The van der Waals surface area contributed by atoms with Crippen molar-refractivity contribution in [2.24, 2.45) is 0 Å². The number of allylic oxidation sites excluding steroid dienone is 2. The Morgan fingerprint density at radius 3 is 2.75 bits per heavy atom. The fraction of sp³-hybridized carbons (Fsp3) is 0.429. The average molecular weight is 112 g/mol. The fourth-order valence-corrected chi connectivity index (χ4v) is 0.378. The first kappa shape index (κ1) is 7.28. The zero-order valence-corrected chi connectivity index (χ0v) is 5.26. The molecule has 46 valence electrons. The molecule has 1 nitrogen and oxygen atoms in total. The molecular formula is C7H12O. The monoisotopic (exact) mass is 112 g/mol. The van der Waals surface area contributed by atoms with Gasteiger partial charge in [0.2, 0.25) is 0 Å². The molecule has 0 N–H and O–H groups in total. The van der Waals surface area contributed by atoms with Crippen molar-refractivity contribution in [3.05, 3.63) is 25.0 Å². The maximum absolute atomic E-state index is 4.67. The molecule has 0 spiro atoms. The molecule has 8 heavy (non-hydrogen) atoms. The number of unbranched alkanes of at least 4 members (excludes halogenated alkanes) is 1. The summed E-state index contributed by atoms with van der Waals surface area (Å²) >= 11 is 0. The highest BCUT2D eigenvalue weighted by Gasteiger charge is 1.71. The van der Waals surface area contributed by atoms with E-state index in [0.29, 0.717) is 0 Å². The second-order valence-electron chi connectivity index (χ2n) is 1.47. The van der Waals surface area contributed by atoms with Crippen molar-refractivity contribution in [2.75, 3.05) is 7.11 Å². The van der Waals surface area contributed by atoms with Crippen LogP contribution in [0.2, 0.25) is 0 Å². The molecule has 0 saturated carbocycles. The van der Waals surface area contributed by atoms with Gasteiger partial charge in [-0.1, -0.05) is 6.08 Å². The Labute approximate surface area is 50.7 Å². The standard InChI is InChI=1S/C7H12O/c1-3-4-5-6-7-8-2/h3,6-7H,1,4-5H2,2H3. The quantitative estimate of drug-likeness (QED) is 0.307. The highest BCUT2D eigenvalue weighted by Crippen LogP contribution is 1.89. The highest BCUT2D eigenvalue weighted by molar-refractivity contribution is 4.78. The number of hydrogen-bond donors (Lipinski definition) is 0. The lowest BCUT2D eigenvalue weighted by Crippen LogP contribution is -1.65. The third-order valence-corrected chi connectivity index (χ3v) is 0.770. The Kier molecular flexibility index (Phi) is 5.71. The lowest BCUT2D eigenvalue weighted by Gasteiger charge is -1.84. The topological polar surface area (TPSA) is 9.23 Å². The van der Waals surface area contributed by atoms with E-state index in [4.69, 9.17) is 0 Å². The van der Waals surface area contributed by atoms with Crippen molar-refractivity contribution in [2.45, 2.75) is 12.8 Å². The molecule has 0 fully saturated rings. The van der Waals surface area contributed by atoms with Gasteiger partial charge in [-0.3, -0.25) is 0 Å². The zero-order chi connectivity index (χ0) is 6.24. The van der Waals surface area contributed by atoms with Gasteiger partial charge >= 0.3 is 0 Å². The highest BCUT2D eigenvalue weighted by atomic mass is 16.5. The van der Waals surface area contributed by atoms with Crippen molar-refractivity contribution in [1.29, 1.82) is 0 Å². The molecule has 0 aromatic heterocycles. The summed E-state index contributed by atoms with van der Waals surface area (Å²) < 4.78 is 4.67. The van der Waals surface area contributed by atoms with Crippen molar-refractivity contribution in [3.8, 4) is 0 Å². The van der Waals surface area contributed by atoms with Gasteiger partial charge in [-0.2, -0.15) is 0 Å². The summed E-state index contributed by atoms with van der Waals surface area (Å²) in [4.78, 5) is 0. The van der Waals surface area contributed by atoms with Gasteiger partial charge in [-0.25, -0.2) is 0 Å². The van der Waals surface area contributed by atoms with Crippen LogP contribution in [0.3, 0.4) is 0 Å². The molecule has 1 heteroatoms. The molecule has 0 aromatic rings. The van der Waals surface area contributed by atoms with Crippen LogP contribution in [0.5, 0.6) is 0 Å². The van der Waals surface area contributed by atoms with Crippen LogP contribution in [0, 0.1) is 0 Å². The molecule has 0 amide bonds. The summed E-state index contributed by atoms with van der Waals surface area (Å²) in [5.74, 6) is 0. The number of methoxy groups -OCH3 is 1. The lowest BCUT2D eigenvalue weighted by atomic mass is 10.3. The summed E-state index contributed by atoms with van der Waals surface area (Å²) in [7, 11) is 1.64. The van der Waals surface area contributed by atoms with Crippen LogP contribution in [0.25, 0.3) is 0 Å². The molecule has 0 unspecified atom stereocenters. The van der Waals surface area contributed by atoms with Gasteiger partial charge in [-0.15, -0.1) is 6.58 Å². The van der Waals surface area contributed by atoms with Gasteiger partial charge in [0.1, 0.15) is 0 Å². The van der Waals surface area contributed by atoms with E-state index in [0.717, 1.165) is 12.8 Å². The minimum atomic E-state index is 1.03. The van der Waals surface area contributed by atoms with Crippen LogP contribution < -0.4 is 0 Å². The predicted octanol–water partition coefficient (Wildman–Crippen LogP) is 2.11. The van der Waals surface area contributed by atoms with E-state index in [2.05, 4.69) is 11.3 Å². The van der Waals surface area contributed by atoms with Crippen molar-refractivity contribution in [3.63, 3.8) is 0 Å². The number of hydrogen-bond acceptors (Lipinski definition) is 1. The second-order valence-corrected chi connectivity index (χ2v) is 1.47. The zero-order valence-electron chi connectivity index (χ0n) is 5.26. The first-order valence-corrected chi connectivity index (χ1v) is 2.70. The minimum Gasteiger partial charge on any atom is -0.505 e. The predicted molar refractivity (Wildman–Crippen MR) is 35.6 cm³/mol. The van der Waals surface area contributed by atoms with Gasteiger partial charge in [0.25, 0.3) is 0 Å². The first-order chi connectivity index (χ1) is 3.91. The smallest absolute Gasteiger partial charge is 0.0784 e. The molecule has 0 radical (unpaired) electrons. The van der Waals surface area contributed by atoms with Gasteiger partial charge in [0.05, 0.1) is 13.4 Å². The maximum atomic E-state index is 4.67. The normalized spacial score (nSPS) is 9.62. The van der Waals surface area contributed by atoms with Crippen molar-refractivity contribution in [1.82, 2.24) is 0 Å². The van der Waals surface area contributed by atoms with Gasteiger partial charge in [0, 0.05) is 0 Å². The van der Waals surface area contributed by atoms with E-state index in [9.17, 15) is 0 Å². The van der Waals surface area contributed by atoms with E-state index in [1.807, 2.05) is 12.2 Å². The summed E-state index contributed by atoms with van der Waals surface area (Å²) in [5.41, 5.74) is 0. The average Bonchev–Trinajstić information content (AvgIpc) is 1.81. The largest absolute Gasteiger partial charge is 0.505 e. The SMILES string of the molecule is C=CCCC=COC. The van der Waals surface area contributed by atoms with Gasteiger partial charge in [-0.05, 0) is 18.9 Å². The van der Waals surface area contributed by atoms with E-state index in [1.165, 1.54) is 0 Å². The Morgan fingerprint density at radius 2 is 2.25 bits per heavy atom. The molecular weight excluding hydrogens is 100 g/mol. The summed E-state index contributed by atoms with van der Waals surface area (Å²) in [6, 6.07) is 0. The fourth-order valence-electron chi connectivity index (χ4n) is 0.378. The van der Waals surface area contributed by atoms with Crippen molar-refractivity contribution >= 4 is 0 Å². The molecule has 0 aliphatic rings. The first-order valence-electron chi connectivity index (χ1n) is 2.70. The van der Waals surface area contributed by atoms with Crippen LogP contribution in [0.4, 0.5) is 0 Å². The van der Waals surface area contributed by atoms with Crippen LogP contribution in [0.15, 0.2) is 25.0 Å². The molecule has 0 aromatic carbocycles. The van der Waals surface area contributed by atoms with Gasteiger partial charge in [0.15, 0.2) is 0 Å². The van der Waals surface area contributed by atoms with Crippen molar-refractivity contribution < 1.29 is 4.74 Å².